The zero-order valence-corrected chi connectivity index (χ0v) is 9.61. The third-order valence-corrected chi connectivity index (χ3v) is 3.55. The molecule has 0 aromatic carbocycles. The van der Waals surface area contributed by atoms with E-state index in [1.807, 2.05) is 0 Å². The molecule has 0 spiro atoms. The summed E-state index contributed by atoms with van der Waals surface area (Å²) in [6.07, 6.45) is 3.40. The molecule has 1 heterocycles. The highest BCUT2D eigenvalue weighted by atomic mass is 16.2. The molecule has 0 aromatic rings. The first kappa shape index (κ1) is 11.4. The van der Waals surface area contributed by atoms with Gasteiger partial charge in [0.25, 0.3) is 0 Å². The summed E-state index contributed by atoms with van der Waals surface area (Å²) >= 11 is 0. The molecule has 1 aliphatic carbocycles. The fourth-order valence-electron chi connectivity index (χ4n) is 2.36. The number of carbonyl (C=O) groups excluding carboxylic acids is 2. The minimum atomic E-state index is -0.328. The van der Waals surface area contributed by atoms with E-state index in [4.69, 9.17) is 5.73 Å². The predicted molar refractivity (Wildman–Crippen MR) is 59.5 cm³/mol. The van der Waals surface area contributed by atoms with Crippen LogP contribution in [0.15, 0.2) is 0 Å². The molecule has 2 aliphatic rings. The van der Waals surface area contributed by atoms with E-state index in [0.29, 0.717) is 25.3 Å². The maximum absolute atomic E-state index is 12.1. The Morgan fingerprint density at radius 2 is 2.25 bits per heavy atom. The second-order valence-corrected chi connectivity index (χ2v) is 4.75. The summed E-state index contributed by atoms with van der Waals surface area (Å²) in [6, 6.07) is -0.185. The van der Waals surface area contributed by atoms with Gasteiger partial charge in [-0.1, -0.05) is 0 Å². The molecular weight excluding hydrogens is 206 g/mol. The van der Waals surface area contributed by atoms with Crippen LogP contribution in [0.4, 0.5) is 0 Å². The van der Waals surface area contributed by atoms with Crippen molar-refractivity contribution < 1.29 is 9.59 Å². The molecule has 0 radical (unpaired) electrons. The lowest BCUT2D eigenvalue weighted by molar-refractivity contribution is -0.135. The monoisotopic (exact) mass is 225 g/mol. The van der Waals surface area contributed by atoms with Gasteiger partial charge < -0.3 is 16.0 Å². The van der Waals surface area contributed by atoms with Crippen molar-refractivity contribution in [3.05, 3.63) is 0 Å². The fraction of sp³-hybridized carbons (Fsp3) is 0.818. The van der Waals surface area contributed by atoms with Gasteiger partial charge in [0, 0.05) is 26.1 Å². The van der Waals surface area contributed by atoms with Gasteiger partial charge in [0.2, 0.25) is 11.8 Å². The molecular formula is C11H19N3O2. The highest BCUT2D eigenvalue weighted by Crippen LogP contribution is 2.34. The lowest BCUT2D eigenvalue weighted by Gasteiger charge is -2.29. The van der Waals surface area contributed by atoms with Gasteiger partial charge in [-0.25, -0.2) is 0 Å². The number of nitrogens with one attached hydrogen (secondary N) is 1. The van der Waals surface area contributed by atoms with Gasteiger partial charge in [0.15, 0.2) is 0 Å². The molecule has 90 valence electrons. The number of likely N-dealkylation sites (N-methyl/N-ethyl adjacent to an activating group) is 1. The quantitative estimate of drug-likeness (QED) is 0.674. The Labute approximate surface area is 95.3 Å². The molecule has 2 unspecified atom stereocenters. The normalized spacial score (nSPS) is 26.4. The van der Waals surface area contributed by atoms with Crippen molar-refractivity contribution in [1.29, 1.82) is 0 Å². The van der Waals surface area contributed by atoms with Gasteiger partial charge in [-0.2, -0.15) is 0 Å². The molecule has 2 rings (SSSR count). The zero-order valence-electron chi connectivity index (χ0n) is 9.61. The maximum Gasteiger partial charge on any atom is 0.245 e. The number of hydrogen-bond acceptors (Lipinski definition) is 3. The summed E-state index contributed by atoms with van der Waals surface area (Å²) in [6.45, 7) is 0.508. The van der Waals surface area contributed by atoms with E-state index >= 15 is 0 Å². The molecule has 16 heavy (non-hydrogen) atoms. The summed E-state index contributed by atoms with van der Waals surface area (Å²) in [4.78, 5) is 24.9. The van der Waals surface area contributed by atoms with Crippen molar-refractivity contribution in [2.24, 2.45) is 11.7 Å². The third kappa shape index (κ3) is 2.19. The number of carbonyl (C=O) groups is 2. The highest BCUT2D eigenvalue weighted by Gasteiger charge is 2.38. The molecule has 0 bridgehead atoms. The predicted octanol–water partition coefficient (Wildman–Crippen LogP) is -0.539. The van der Waals surface area contributed by atoms with E-state index in [9.17, 15) is 9.59 Å². The Morgan fingerprint density at radius 1 is 1.56 bits per heavy atom. The zero-order chi connectivity index (χ0) is 11.7. The Hall–Kier alpha value is -1.10. The minimum Gasteiger partial charge on any atom is -0.344 e. The average molecular weight is 225 g/mol. The SMILES string of the molecule is CN(C(=O)C1CCC(=O)N1)C(CN)C1CC1. The van der Waals surface area contributed by atoms with Crippen LogP contribution in [0, 0.1) is 5.92 Å². The van der Waals surface area contributed by atoms with E-state index in [2.05, 4.69) is 5.32 Å². The van der Waals surface area contributed by atoms with Crippen LogP contribution in [0.2, 0.25) is 0 Å². The molecule has 1 saturated carbocycles. The second-order valence-electron chi connectivity index (χ2n) is 4.75. The number of nitrogens with zero attached hydrogens (tertiary/aromatic N) is 1. The van der Waals surface area contributed by atoms with E-state index in [-0.39, 0.29) is 23.9 Å². The number of rotatable bonds is 4. The average Bonchev–Trinajstić information content (AvgIpc) is 3.00. The van der Waals surface area contributed by atoms with Gasteiger partial charge >= 0.3 is 0 Å². The number of amides is 2. The molecule has 2 fully saturated rings. The van der Waals surface area contributed by atoms with Crippen LogP contribution in [-0.4, -0.2) is 42.4 Å². The number of nitrogens with two attached hydrogens (primary N) is 1. The van der Waals surface area contributed by atoms with Gasteiger partial charge in [0.05, 0.1) is 0 Å². The molecule has 0 aromatic heterocycles. The molecule has 1 aliphatic heterocycles. The van der Waals surface area contributed by atoms with Crippen LogP contribution >= 0.6 is 0 Å². The van der Waals surface area contributed by atoms with Gasteiger partial charge in [-0.05, 0) is 25.2 Å². The minimum absolute atomic E-state index is 0.00759. The van der Waals surface area contributed by atoms with Crippen molar-refractivity contribution in [1.82, 2.24) is 10.2 Å². The van der Waals surface area contributed by atoms with Gasteiger partial charge in [-0.3, -0.25) is 9.59 Å². The smallest absolute Gasteiger partial charge is 0.245 e. The highest BCUT2D eigenvalue weighted by molar-refractivity contribution is 5.90. The lowest BCUT2D eigenvalue weighted by Crippen LogP contribution is -2.50. The first-order valence-electron chi connectivity index (χ1n) is 5.89. The van der Waals surface area contributed by atoms with Gasteiger partial charge in [0.1, 0.15) is 6.04 Å². The standard InChI is InChI=1S/C11H19N3O2/c1-14(9(6-12)7-2-3-7)11(16)8-4-5-10(15)13-8/h7-9H,2-6,12H2,1H3,(H,13,15). The second kappa shape index (κ2) is 4.41. The molecule has 5 nitrogen and oxygen atoms in total. The van der Waals surface area contributed by atoms with Crippen molar-refractivity contribution in [2.45, 2.75) is 37.8 Å². The maximum atomic E-state index is 12.1. The van der Waals surface area contributed by atoms with Crippen LogP contribution in [-0.2, 0) is 9.59 Å². The van der Waals surface area contributed by atoms with Gasteiger partial charge in [-0.15, -0.1) is 0 Å². The Bertz CT molecular complexity index is 302. The Balaban J connectivity index is 1.94. The Morgan fingerprint density at radius 3 is 2.69 bits per heavy atom. The summed E-state index contributed by atoms with van der Waals surface area (Å²) in [5.41, 5.74) is 5.70. The summed E-state index contributed by atoms with van der Waals surface area (Å²) in [7, 11) is 1.79. The Kier molecular flexibility index (Phi) is 3.14. The molecule has 1 saturated heterocycles. The van der Waals surface area contributed by atoms with Crippen molar-refractivity contribution >= 4 is 11.8 Å². The first-order chi connectivity index (χ1) is 7.63. The largest absolute Gasteiger partial charge is 0.344 e. The summed E-state index contributed by atoms with van der Waals surface area (Å²) < 4.78 is 0. The topological polar surface area (TPSA) is 75.4 Å². The summed E-state index contributed by atoms with van der Waals surface area (Å²) in [5.74, 6) is 0.548. The van der Waals surface area contributed by atoms with E-state index in [1.54, 1.807) is 11.9 Å². The fourth-order valence-corrected chi connectivity index (χ4v) is 2.36. The van der Waals surface area contributed by atoms with Crippen LogP contribution in [0.3, 0.4) is 0 Å². The molecule has 2 atom stereocenters. The van der Waals surface area contributed by atoms with E-state index < -0.39 is 0 Å². The van der Waals surface area contributed by atoms with Crippen LogP contribution < -0.4 is 11.1 Å². The van der Waals surface area contributed by atoms with Crippen molar-refractivity contribution in [3.8, 4) is 0 Å². The van der Waals surface area contributed by atoms with E-state index in [0.717, 1.165) is 12.8 Å². The third-order valence-electron chi connectivity index (χ3n) is 3.55. The van der Waals surface area contributed by atoms with Crippen LogP contribution in [0.1, 0.15) is 25.7 Å². The molecule has 5 heteroatoms. The van der Waals surface area contributed by atoms with Crippen LogP contribution in [0.5, 0.6) is 0 Å². The number of hydrogen-bond donors (Lipinski definition) is 2. The lowest BCUT2D eigenvalue weighted by atomic mass is 10.1. The van der Waals surface area contributed by atoms with Crippen molar-refractivity contribution in [3.63, 3.8) is 0 Å². The van der Waals surface area contributed by atoms with Crippen LogP contribution in [0.25, 0.3) is 0 Å². The first-order valence-corrected chi connectivity index (χ1v) is 5.89. The van der Waals surface area contributed by atoms with E-state index in [1.165, 1.54) is 0 Å². The van der Waals surface area contributed by atoms with Crippen molar-refractivity contribution in [2.75, 3.05) is 13.6 Å². The molecule has 2 amide bonds. The summed E-state index contributed by atoms with van der Waals surface area (Å²) in [5, 5.41) is 2.70. The molecule has 3 N–H and O–H groups in total.